The van der Waals surface area contributed by atoms with Gasteiger partial charge in [0.05, 0.1) is 12.8 Å². The summed E-state index contributed by atoms with van der Waals surface area (Å²) in [6, 6.07) is 9.33. The maximum absolute atomic E-state index is 12.3. The van der Waals surface area contributed by atoms with Crippen LogP contribution in [0.1, 0.15) is 16.6 Å². The second-order valence-corrected chi connectivity index (χ2v) is 6.80. The Labute approximate surface area is 156 Å². The lowest BCUT2D eigenvalue weighted by molar-refractivity contribution is 0.0948. The van der Waals surface area contributed by atoms with Gasteiger partial charge in [-0.2, -0.15) is 0 Å². The third-order valence-electron chi connectivity index (χ3n) is 3.18. The Morgan fingerprint density at radius 2 is 2.00 bits per heavy atom. The first-order valence-corrected chi connectivity index (χ1v) is 8.65. The molecule has 8 heteroatoms. The molecule has 2 aromatic rings. The molecule has 1 heterocycles. The minimum Gasteiger partial charge on any atom is -0.497 e. The predicted octanol–water partition coefficient (Wildman–Crippen LogP) is 2.69. The Kier molecular flexibility index (Phi) is 6.37. The fourth-order valence-electron chi connectivity index (χ4n) is 1.93. The van der Waals surface area contributed by atoms with Crippen LogP contribution in [0.4, 0.5) is 5.69 Å². The van der Waals surface area contributed by atoms with Crippen LogP contribution in [0.15, 0.2) is 42.5 Å². The van der Waals surface area contributed by atoms with Crippen LogP contribution in [-0.4, -0.2) is 24.7 Å². The largest absolute Gasteiger partial charge is 0.497 e. The summed E-state index contributed by atoms with van der Waals surface area (Å²) in [5.41, 5.74) is 13.5. The zero-order chi connectivity index (χ0) is 18.4. The predicted molar refractivity (Wildman–Crippen MR) is 107 cm³/mol. The zero-order valence-electron chi connectivity index (χ0n) is 14.0. The van der Waals surface area contributed by atoms with E-state index >= 15 is 0 Å². The van der Waals surface area contributed by atoms with Crippen LogP contribution >= 0.6 is 23.6 Å². The molecular formula is C17H20N4O2S2. The van der Waals surface area contributed by atoms with Crippen molar-refractivity contribution in [1.82, 2.24) is 16.2 Å². The molecule has 0 saturated heterocycles. The molecule has 0 atom stereocenters. The highest BCUT2D eigenvalue weighted by molar-refractivity contribution is 7.80. The average Bonchev–Trinajstić information content (AvgIpc) is 2.99. The van der Waals surface area contributed by atoms with Crippen molar-refractivity contribution in [3.63, 3.8) is 0 Å². The standard InChI is InChI=1S/C17H20N4O2S2/c1-10(2)9-19-17(24)21-20-16(22)15-13(18)8-14(25-15)11-4-6-12(23-3)7-5-11/h4-8H,1,9,18H2,2-3H3,(H,20,22)(H2,19,21,24). The monoisotopic (exact) mass is 376 g/mol. The van der Waals surface area contributed by atoms with Gasteiger partial charge in [0.2, 0.25) is 0 Å². The highest BCUT2D eigenvalue weighted by atomic mass is 32.1. The van der Waals surface area contributed by atoms with E-state index in [9.17, 15) is 4.79 Å². The van der Waals surface area contributed by atoms with E-state index in [-0.39, 0.29) is 5.91 Å². The molecule has 1 aromatic carbocycles. The number of methoxy groups -OCH3 is 1. The van der Waals surface area contributed by atoms with Gasteiger partial charge in [-0.3, -0.25) is 15.6 Å². The summed E-state index contributed by atoms with van der Waals surface area (Å²) in [5.74, 6) is 0.424. The Hall–Kier alpha value is -2.58. The maximum atomic E-state index is 12.3. The van der Waals surface area contributed by atoms with Crippen molar-refractivity contribution in [3.05, 3.63) is 47.4 Å². The number of hydrazine groups is 1. The molecule has 0 aliphatic carbocycles. The zero-order valence-corrected chi connectivity index (χ0v) is 15.6. The van der Waals surface area contributed by atoms with Gasteiger partial charge in [0.15, 0.2) is 5.11 Å². The van der Waals surface area contributed by atoms with Crippen LogP contribution in [0.5, 0.6) is 5.75 Å². The van der Waals surface area contributed by atoms with Crippen molar-refractivity contribution in [2.75, 3.05) is 19.4 Å². The topological polar surface area (TPSA) is 88.4 Å². The minimum absolute atomic E-state index is 0.307. The van der Waals surface area contributed by atoms with E-state index in [1.165, 1.54) is 11.3 Å². The molecule has 0 aliphatic heterocycles. The fourth-order valence-corrected chi connectivity index (χ4v) is 3.03. The first-order valence-electron chi connectivity index (χ1n) is 7.43. The number of hydrogen-bond acceptors (Lipinski definition) is 5. The van der Waals surface area contributed by atoms with Gasteiger partial charge in [0, 0.05) is 11.4 Å². The maximum Gasteiger partial charge on any atom is 0.281 e. The molecule has 0 saturated carbocycles. The number of carbonyl (C=O) groups is 1. The summed E-state index contributed by atoms with van der Waals surface area (Å²) in [7, 11) is 1.61. The van der Waals surface area contributed by atoms with Crippen molar-refractivity contribution in [1.29, 1.82) is 0 Å². The van der Waals surface area contributed by atoms with Crippen molar-refractivity contribution < 1.29 is 9.53 Å². The number of nitrogens with one attached hydrogen (secondary N) is 3. The molecular weight excluding hydrogens is 356 g/mol. The summed E-state index contributed by atoms with van der Waals surface area (Å²) in [6.45, 7) is 6.17. The molecule has 0 spiro atoms. The lowest BCUT2D eigenvalue weighted by Crippen LogP contribution is -2.47. The van der Waals surface area contributed by atoms with Gasteiger partial charge in [-0.25, -0.2) is 0 Å². The number of amides is 1. The Bertz CT molecular complexity index is 784. The number of nitrogens with two attached hydrogens (primary N) is 1. The smallest absolute Gasteiger partial charge is 0.281 e. The van der Waals surface area contributed by atoms with E-state index in [0.29, 0.717) is 22.2 Å². The van der Waals surface area contributed by atoms with Gasteiger partial charge in [-0.05, 0) is 55.0 Å². The number of thiocarbonyl (C=S) groups is 1. The number of carbonyl (C=O) groups excluding carboxylic acids is 1. The molecule has 132 valence electrons. The normalized spacial score (nSPS) is 10.0. The molecule has 0 bridgehead atoms. The number of thiophene rings is 1. The van der Waals surface area contributed by atoms with E-state index in [1.807, 2.05) is 31.2 Å². The SMILES string of the molecule is C=C(C)CNC(=S)NNC(=O)c1sc(-c2ccc(OC)cc2)cc1N. The van der Waals surface area contributed by atoms with E-state index in [2.05, 4.69) is 22.7 Å². The highest BCUT2D eigenvalue weighted by Gasteiger charge is 2.15. The van der Waals surface area contributed by atoms with Gasteiger partial charge in [-0.15, -0.1) is 11.3 Å². The van der Waals surface area contributed by atoms with Gasteiger partial charge >= 0.3 is 0 Å². The summed E-state index contributed by atoms with van der Waals surface area (Å²) in [5, 5.41) is 3.22. The molecule has 2 rings (SSSR count). The Morgan fingerprint density at radius 3 is 2.60 bits per heavy atom. The number of anilines is 1. The van der Waals surface area contributed by atoms with E-state index in [1.54, 1.807) is 13.2 Å². The van der Waals surface area contributed by atoms with E-state index < -0.39 is 0 Å². The van der Waals surface area contributed by atoms with Crippen LogP contribution in [0.2, 0.25) is 0 Å². The summed E-state index contributed by atoms with van der Waals surface area (Å²) in [4.78, 5) is 13.6. The van der Waals surface area contributed by atoms with Gasteiger partial charge in [0.25, 0.3) is 5.91 Å². The van der Waals surface area contributed by atoms with Crippen molar-refractivity contribution in [2.45, 2.75) is 6.92 Å². The summed E-state index contributed by atoms with van der Waals surface area (Å²) in [6.07, 6.45) is 0. The molecule has 0 unspecified atom stereocenters. The minimum atomic E-state index is -0.346. The fraction of sp³-hybridized carbons (Fsp3) is 0.176. The Morgan fingerprint density at radius 1 is 1.32 bits per heavy atom. The van der Waals surface area contributed by atoms with Crippen LogP contribution < -0.4 is 26.6 Å². The van der Waals surface area contributed by atoms with Gasteiger partial charge in [0.1, 0.15) is 10.6 Å². The first kappa shape index (κ1) is 18.8. The number of rotatable bonds is 5. The van der Waals surface area contributed by atoms with Crippen LogP contribution in [0.25, 0.3) is 10.4 Å². The summed E-state index contributed by atoms with van der Waals surface area (Å²) < 4.78 is 5.14. The first-order chi connectivity index (χ1) is 11.9. The molecule has 6 nitrogen and oxygen atoms in total. The second-order valence-electron chi connectivity index (χ2n) is 5.34. The lowest BCUT2D eigenvalue weighted by Gasteiger charge is -2.11. The molecule has 5 N–H and O–H groups in total. The Balaban J connectivity index is 2.02. The van der Waals surface area contributed by atoms with E-state index in [4.69, 9.17) is 22.7 Å². The van der Waals surface area contributed by atoms with Crippen molar-refractivity contribution in [2.24, 2.45) is 0 Å². The third-order valence-corrected chi connectivity index (χ3v) is 4.63. The van der Waals surface area contributed by atoms with Crippen LogP contribution in [-0.2, 0) is 0 Å². The number of hydrogen-bond donors (Lipinski definition) is 4. The molecule has 1 aromatic heterocycles. The highest BCUT2D eigenvalue weighted by Crippen LogP contribution is 2.33. The summed E-state index contributed by atoms with van der Waals surface area (Å²) >= 11 is 6.37. The molecule has 0 fully saturated rings. The number of benzene rings is 1. The van der Waals surface area contributed by atoms with Crippen LogP contribution in [0.3, 0.4) is 0 Å². The molecule has 0 radical (unpaired) electrons. The van der Waals surface area contributed by atoms with Crippen molar-refractivity contribution in [3.8, 4) is 16.2 Å². The van der Waals surface area contributed by atoms with E-state index in [0.717, 1.165) is 21.8 Å². The molecule has 1 amide bonds. The molecule has 25 heavy (non-hydrogen) atoms. The number of ether oxygens (including phenoxy) is 1. The van der Waals surface area contributed by atoms with Crippen molar-refractivity contribution >= 4 is 40.3 Å². The van der Waals surface area contributed by atoms with Crippen LogP contribution in [0, 0.1) is 0 Å². The third kappa shape index (κ3) is 5.20. The van der Waals surface area contributed by atoms with Gasteiger partial charge in [-0.1, -0.05) is 12.2 Å². The molecule has 0 aliphatic rings. The lowest BCUT2D eigenvalue weighted by atomic mass is 10.2. The van der Waals surface area contributed by atoms with Gasteiger partial charge < -0.3 is 15.8 Å². The second kappa shape index (κ2) is 8.50. The average molecular weight is 377 g/mol. The quantitative estimate of drug-likeness (QED) is 0.365. The number of nitrogen functional groups attached to an aromatic ring is 1.